The molecule has 0 fully saturated rings. The van der Waals surface area contributed by atoms with E-state index in [0.717, 1.165) is 12.1 Å². The molecule has 2 amide bonds. The first-order chi connectivity index (χ1) is 11.3. The molecule has 1 unspecified atom stereocenters. The first-order valence-electron chi connectivity index (χ1n) is 7.29. The lowest BCUT2D eigenvalue weighted by Crippen LogP contribution is -2.35. The van der Waals surface area contributed by atoms with Gasteiger partial charge < -0.3 is 5.32 Å². The summed E-state index contributed by atoms with van der Waals surface area (Å²) in [5.74, 6) is 0.141. The molecule has 0 saturated heterocycles. The molecule has 1 aromatic heterocycles. The maximum absolute atomic E-state index is 12.9. The van der Waals surface area contributed by atoms with Crippen LogP contribution in [0.3, 0.4) is 0 Å². The second-order valence-corrected chi connectivity index (χ2v) is 5.55. The molecule has 0 saturated carbocycles. The summed E-state index contributed by atoms with van der Waals surface area (Å²) in [6.07, 6.45) is -2.97. The van der Waals surface area contributed by atoms with Crippen LogP contribution < -0.4 is 10.6 Å². The number of hydrogen-bond donors (Lipinski definition) is 2. The number of carbonyl (C=O) groups excluding carboxylic acids is 1. The molecule has 1 heterocycles. The van der Waals surface area contributed by atoms with E-state index in [0.29, 0.717) is 5.56 Å². The molecule has 0 aliphatic carbocycles. The van der Waals surface area contributed by atoms with Gasteiger partial charge in [0.1, 0.15) is 0 Å². The molecular formula is C16H17F3N4O. The van der Waals surface area contributed by atoms with Crippen molar-refractivity contribution in [3.05, 3.63) is 53.7 Å². The van der Waals surface area contributed by atoms with E-state index in [-0.39, 0.29) is 11.7 Å². The average Bonchev–Trinajstić information content (AvgIpc) is 2.52. The first kappa shape index (κ1) is 17.7. The van der Waals surface area contributed by atoms with Crippen molar-refractivity contribution in [2.75, 3.05) is 5.32 Å². The largest absolute Gasteiger partial charge is 0.416 e. The molecule has 0 aliphatic heterocycles. The van der Waals surface area contributed by atoms with E-state index in [1.165, 1.54) is 12.3 Å². The minimum absolute atomic E-state index is 0.110. The van der Waals surface area contributed by atoms with Gasteiger partial charge in [0, 0.05) is 6.20 Å². The number of urea groups is 1. The molecule has 2 aromatic rings. The van der Waals surface area contributed by atoms with Crippen LogP contribution in [-0.4, -0.2) is 16.2 Å². The number of aromatic nitrogens is 2. The summed E-state index contributed by atoms with van der Waals surface area (Å²) in [7, 11) is 0. The van der Waals surface area contributed by atoms with E-state index in [9.17, 15) is 18.0 Å². The van der Waals surface area contributed by atoms with Crippen molar-refractivity contribution in [1.82, 2.24) is 15.5 Å². The zero-order valence-electron chi connectivity index (χ0n) is 13.1. The lowest BCUT2D eigenvalue weighted by atomic mass is 9.94. The fourth-order valence-corrected chi connectivity index (χ4v) is 2.21. The predicted octanol–water partition coefficient (Wildman–Crippen LogP) is 4.01. The van der Waals surface area contributed by atoms with Gasteiger partial charge in [0.25, 0.3) is 0 Å². The van der Waals surface area contributed by atoms with Crippen molar-refractivity contribution >= 4 is 11.8 Å². The van der Waals surface area contributed by atoms with Crippen molar-refractivity contribution in [1.29, 1.82) is 0 Å². The van der Waals surface area contributed by atoms with Crippen molar-refractivity contribution in [3.63, 3.8) is 0 Å². The Morgan fingerprint density at radius 1 is 1.17 bits per heavy atom. The molecule has 0 spiro atoms. The number of nitrogens with zero attached hydrogens (tertiary/aromatic N) is 2. The number of alkyl halides is 3. The van der Waals surface area contributed by atoms with E-state index in [1.54, 1.807) is 18.2 Å². The van der Waals surface area contributed by atoms with Crippen LogP contribution in [0.2, 0.25) is 0 Å². The van der Waals surface area contributed by atoms with Gasteiger partial charge in [0.15, 0.2) is 5.82 Å². The maximum atomic E-state index is 12.9. The predicted molar refractivity (Wildman–Crippen MR) is 83.2 cm³/mol. The normalized spacial score (nSPS) is 12.8. The molecule has 5 nitrogen and oxygen atoms in total. The first-order valence-corrected chi connectivity index (χ1v) is 7.29. The summed E-state index contributed by atoms with van der Waals surface area (Å²) in [5, 5.41) is 12.5. The number of nitrogens with one attached hydrogen (secondary N) is 2. The van der Waals surface area contributed by atoms with Gasteiger partial charge in [-0.15, -0.1) is 5.10 Å². The number of rotatable bonds is 4. The summed E-state index contributed by atoms with van der Waals surface area (Å²) >= 11 is 0. The Morgan fingerprint density at radius 3 is 2.50 bits per heavy atom. The van der Waals surface area contributed by atoms with Crippen LogP contribution in [0.25, 0.3) is 0 Å². The fraction of sp³-hybridized carbons (Fsp3) is 0.312. The Balaban J connectivity index is 2.16. The third-order valence-electron chi connectivity index (χ3n) is 3.34. The summed E-state index contributed by atoms with van der Waals surface area (Å²) < 4.78 is 38.6. The maximum Gasteiger partial charge on any atom is 0.416 e. The van der Waals surface area contributed by atoms with Crippen LogP contribution in [0.5, 0.6) is 0 Å². The number of benzene rings is 1. The summed E-state index contributed by atoms with van der Waals surface area (Å²) in [4.78, 5) is 12.1. The van der Waals surface area contributed by atoms with E-state index in [4.69, 9.17) is 0 Å². The zero-order valence-corrected chi connectivity index (χ0v) is 13.1. The van der Waals surface area contributed by atoms with Gasteiger partial charge in [-0.2, -0.15) is 18.3 Å². The number of hydrogen-bond acceptors (Lipinski definition) is 3. The highest BCUT2D eigenvalue weighted by Gasteiger charge is 2.31. The molecule has 0 radical (unpaired) electrons. The van der Waals surface area contributed by atoms with E-state index < -0.39 is 23.8 Å². The van der Waals surface area contributed by atoms with Crippen molar-refractivity contribution in [2.24, 2.45) is 5.92 Å². The number of halogens is 3. The standard InChI is InChI=1S/C16H17F3N4O/c1-10(2)14(11-5-3-6-12(9-11)16(17,18)19)22-15(24)21-13-7-4-8-20-23-13/h3-10,14H,1-2H3,(H2,21,22,23,24). The van der Waals surface area contributed by atoms with Crippen LogP contribution >= 0.6 is 0 Å². The number of anilines is 1. The van der Waals surface area contributed by atoms with Gasteiger partial charge in [-0.1, -0.05) is 26.0 Å². The van der Waals surface area contributed by atoms with Gasteiger partial charge in [-0.05, 0) is 35.7 Å². The lowest BCUT2D eigenvalue weighted by molar-refractivity contribution is -0.137. The Labute approximate surface area is 137 Å². The van der Waals surface area contributed by atoms with Gasteiger partial charge in [0.05, 0.1) is 11.6 Å². The highest BCUT2D eigenvalue weighted by molar-refractivity contribution is 5.88. The topological polar surface area (TPSA) is 66.9 Å². The Kier molecular flexibility index (Phi) is 5.38. The fourth-order valence-electron chi connectivity index (χ4n) is 2.21. The van der Waals surface area contributed by atoms with E-state index in [2.05, 4.69) is 20.8 Å². The molecule has 2 N–H and O–H groups in total. The summed E-state index contributed by atoms with van der Waals surface area (Å²) in [6, 6.07) is 6.96. The molecule has 2 rings (SSSR count). The zero-order chi connectivity index (χ0) is 17.7. The molecule has 1 aromatic carbocycles. The Bertz CT molecular complexity index is 689. The molecule has 128 valence electrons. The van der Waals surface area contributed by atoms with Crippen molar-refractivity contribution in [3.8, 4) is 0 Å². The van der Waals surface area contributed by atoms with E-state index >= 15 is 0 Å². The Hall–Kier alpha value is -2.64. The van der Waals surface area contributed by atoms with Gasteiger partial charge in [-0.3, -0.25) is 5.32 Å². The third kappa shape index (κ3) is 4.68. The molecule has 1 atom stereocenters. The second-order valence-electron chi connectivity index (χ2n) is 5.55. The summed E-state index contributed by atoms with van der Waals surface area (Å²) in [6.45, 7) is 3.63. The van der Waals surface area contributed by atoms with Crippen LogP contribution in [0.15, 0.2) is 42.6 Å². The van der Waals surface area contributed by atoms with E-state index in [1.807, 2.05) is 13.8 Å². The number of carbonyl (C=O) groups is 1. The van der Waals surface area contributed by atoms with Crippen LogP contribution in [0.1, 0.15) is 31.0 Å². The minimum Gasteiger partial charge on any atom is -0.331 e. The SMILES string of the molecule is CC(C)C(NC(=O)Nc1cccnn1)c1cccc(C(F)(F)F)c1. The molecular weight excluding hydrogens is 321 g/mol. The average molecular weight is 338 g/mol. The summed E-state index contributed by atoms with van der Waals surface area (Å²) in [5.41, 5.74) is -0.365. The van der Waals surface area contributed by atoms with Crippen molar-refractivity contribution < 1.29 is 18.0 Å². The lowest BCUT2D eigenvalue weighted by Gasteiger charge is -2.23. The van der Waals surface area contributed by atoms with Crippen LogP contribution in [0, 0.1) is 5.92 Å². The van der Waals surface area contributed by atoms with Crippen LogP contribution in [0.4, 0.5) is 23.8 Å². The number of amides is 2. The quantitative estimate of drug-likeness (QED) is 0.885. The second kappa shape index (κ2) is 7.29. The molecule has 0 bridgehead atoms. The van der Waals surface area contributed by atoms with Gasteiger partial charge in [0.2, 0.25) is 0 Å². The highest BCUT2D eigenvalue weighted by atomic mass is 19.4. The Morgan fingerprint density at radius 2 is 1.92 bits per heavy atom. The minimum atomic E-state index is -4.43. The van der Waals surface area contributed by atoms with Gasteiger partial charge >= 0.3 is 12.2 Å². The van der Waals surface area contributed by atoms with Crippen molar-refractivity contribution in [2.45, 2.75) is 26.1 Å². The van der Waals surface area contributed by atoms with Crippen LogP contribution in [-0.2, 0) is 6.18 Å². The molecule has 8 heteroatoms. The highest BCUT2D eigenvalue weighted by Crippen LogP contribution is 2.32. The molecule has 24 heavy (non-hydrogen) atoms. The smallest absolute Gasteiger partial charge is 0.331 e. The van der Waals surface area contributed by atoms with Gasteiger partial charge in [-0.25, -0.2) is 4.79 Å². The third-order valence-corrected chi connectivity index (χ3v) is 3.34. The molecule has 0 aliphatic rings. The monoisotopic (exact) mass is 338 g/mol.